The third kappa shape index (κ3) is 3.99. The van der Waals surface area contributed by atoms with Gasteiger partial charge in [-0.25, -0.2) is 0 Å². The van der Waals surface area contributed by atoms with Crippen molar-refractivity contribution < 1.29 is 0 Å². The van der Waals surface area contributed by atoms with Crippen LogP contribution in [-0.4, -0.2) is 12.3 Å². The van der Waals surface area contributed by atoms with Crippen LogP contribution < -0.4 is 0 Å². The zero-order chi connectivity index (χ0) is 26.2. The van der Waals surface area contributed by atoms with Gasteiger partial charge in [-0.3, -0.25) is 0 Å². The van der Waals surface area contributed by atoms with Gasteiger partial charge in [-0.2, -0.15) is 0 Å². The average Bonchev–Trinajstić information content (AvgIpc) is 2.97. The van der Waals surface area contributed by atoms with E-state index >= 15 is 0 Å². The SMILES string of the molecule is [CH3][Ge]([CH3])([Cl])[C]1(c2ccccc2)C(c2ccccc2)=C(c2ccccc2)C(c2ccccc2)c2ccccc21. The second-order valence-electron chi connectivity index (χ2n) is 10.5. The van der Waals surface area contributed by atoms with Gasteiger partial charge in [0.1, 0.15) is 0 Å². The third-order valence-corrected chi connectivity index (χ3v) is 14.9. The molecule has 0 N–H and O–H groups in total. The molecule has 0 nitrogen and oxygen atoms in total. The summed E-state index contributed by atoms with van der Waals surface area (Å²) in [6.45, 7) is 0. The molecule has 0 fully saturated rings. The van der Waals surface area contributed by atoms with E-state index < -0.39 is 16.6 Å². The summed E-state index contributed by atoms with van der Waals surface area (Å²) in [6.07, 6.45) is 0. The Bertz CT molecular complexity index is 1570. The van der Waals surface area contributed by atoms with Crippen LogP contribution >= 0.6 is 10.0 Å². The Labute approximate surface area is 233 Å². The van der Waals surface area contributed by atoms with Crippen LogP contribution in [0.2, 0.25) is 11.5 Å². The van der Waals surface area contributed by atoms with Gasteiger partial charge >= 0.3 is 234 Å². The van der Waals surface area contributed by atoms with E-state index in [1.165, 1.54) is 44.5 Å². The second-order valence-corrected chi connectivity index (χ2v) is 23.2. The maximum atomic E-state index is 7.88. The summed E-state index contributed by atoms with van der Waals surface area (Å²) in [5, 5.41) is 0. The van der Waals surface area contributed by atoms with Crippen LogP contribution in [0.3, 0.4) is 0 Å². The molecule has 0 spiro atoms. The predicted molar refractivity (Wildman–Crippen MR) is 165 cm³/mol. The summed E-state index contributed by atoms with van der Waals surface area (Å²) in [4.78, 5) is 0. The zero-order valence-electron chi connectivity index (χ0n) is 21.8. The minimum absolute atomic E-state index is 0.0864. The normalized spacial score (nSPS) is 19.2. The number of benzene rings is 5. The summed E-state index contributed by atoms with van der Waals surface area (Å²) in [7, 11) is 7.88. The summed E-state index contributed by atoms with van der Waals surface area (Å²) >= 11 is -3.19. The zero-order valence-corrected chi connectivity index (χ0v) is 24.7. The Morgan fingerprint density at radius 3 is 1.61 bits per heavy atom. The van der Waals surface area contributed by atoms with Crippen molar-refractivity contribution in [3.8, 4) is 0 Å². The molecule has 2 unspecified atom stereocenters. The van der Waals surface area contributed by atoms with Crippen molar-refractivity contribution in [3.63, 3.8) is 0 Å². The molecule has 0 aliphatic heterocycles. The Morgan fingerprint density at radius 2 is 1.03 bits per heavy atom. The number of allylic oxidation sites excluding steroid dienone is 2. The van der Waals surface area contributed by atoms with Gasteiger partial charge < -0.3 is 0 Å². The molecule has 0 saturated heterocycles. The molecule has 1 aliphatic carbocycles. The minimum atomic E-state index is -3.19. The van der Waals surface area contributed by atoms with Crippen molar-refractivity contribution in [1.82, 2.24) is 0 Å². The van der Waals surface area contributed by atoms with Crippen LogP contribution in [0.1, 0.15) is 39.3 Å². The Balaban J connectivity index is 1.89. The molecule has 0 bridgehead atoms. The first-order chi connectivity index (χ1) is 18.5. The molecule has 5 aromatic carbocycles. The fourth-order valence-electron chi connectivity index (χ4n) is 6.57. The van der Waals surface area contributed by atoms with E-state index in [-0.39, 0.29) is 5.92 Å². The van der Waals surface area contributed by atoms with Crippen LogP contribution in [0.25, 0.3) is 11.1 Å². The Morgan fingerprint density at radius 1 is 0.553 bits per heavy atom. The Hall–Kier alpha value is -3.33. The van der Waals surface area contributed by atoms with Gasteiger partial charge in [0.05, 0.1) is 0 Å². The molecular weight excluding hydrogens is 540 g/mol. The summed E-state index contributed by atoms with van der Waals surface area (Å²) in [6, 6.07) is 53.0. The van der Waals surface area contributed by atoms with Gasteiger partial charge in [-0.15, -0.1) is 0 Å². The molecule has 0 radical (unpaired) electrons. The van der Waals surface area contributed by atoms with Crippen molar-refractivity contribution in [2.75, 3.05) is 0 Å². The van der Waals surface area contributed by atoms with Crippen molar-refractivity contribution >= 4 is 33.5 Å². The maximum absolute atomic E-state index is 7.88. The van der Waals surface area contributed by atoms with Crippen LogP contribution in [0.5, 0.6) is 0 Å². The van der Waals surface area contributed by atoms with Crippen molar-refractivity contribution in [2.24, 2.45) is 0 Å². The third-order valence-electron chi connectivity index (χ3n) is 7.99. The van der Waals surface area contributed by atoms with E-state index in [4.69, 9.17) is 10.0 Å². The molecule has 186 valence electrons. The van der Waals surface area contributed by atoms with Crippen LogP contribution in [0, 0.1) is 0 Å². The van der Waals surface area contributed by atoms with Crippen molar-refractivity contribution in [3.05, 3.63) is 179 Å². The number of halogens is 1. The monoisotopic (exact) mass is 572 g/mol. The van der Waals surface area contributed by atoms with Gasteiger partial charge in [-0.05, 0) is 0 Å². The standard InChI is InChI=1S/C36H31ClGe/c1-38(2,37)36(30-23-13-6-14-24-30)32-26-16-15-25-31(32)33(27-17-7-3-8-18-27)34(28-19-9-4-10-20-28)35(36)29-21-11-5-12-22-29/h3-26,33H,1-2H3. The molecule has 0 saturated carbocycles. The molecule has 38 heavy (non-hydrogen) atoms. The van der Waals surface area contributed by atoms with Gasteiger partial charge in [-0.1, -0.05) is 0 Å². The molecule has 2 atom stereocenters. The van der Waals surface area contributed by atoms with E-state index in [0.29, 0.717) is 0 Å². The summed E-state index contributed by atoms with van der Waals surface area (Å²) < 4.78 is -0.419. The summed E-state index contributed by atoms with van der Waals surface area (Å²) in [5.41, 5.74) is 10.5. The van der Waals surface area contributed by atoms with Gasteiger partial charge in [0.2, 0.25) is 0 Å². The van der Waals surface area contributed by atoms with Gasteiger partial charge in [0.15, 0.2) is 0 Å². The molecule has 0 heterocycles. The molecule has 1 aliphatic rings. The van der Waals surface area contributed by atoms with Gasteiger partial charge in [0.25, 0.3) is 0 Å². The molecular formula is C36H31ClGe. The summed E-state index contributed by atoms with van der Waals surface area (Å²) in [5.74, 6) is 4.81. The van der Waals surface area contributed by atoms with E-state index in [1.807, 2.05) is 0 Å². The Kier molecular flexibility index (Phi) is 6.64. The number of rotatable bonds is 5. The first-order valence-electron chi connectivity index (χ1n) is 13.3. The molecule has 0 aromatic heterocycles. The first-order valence-corrected chi connectivity index (χ1v) is 21.3. The van der Waals surface area contributed by atoms with Crippen molar-refractivity contribution in [2.45, 2.75) is 21.7 Å². The first kappa shape index (κ1) is 25.0. The quantitative estimate of drug-likeness (QED) is 0.184. The van der Waals surface area contributed by atoms with E-state index in [1.54, 1.807) is 0 Å². The van der Waals surface area contributed by atoms with Gasteiger partial charge in [0, 0.05) is 0 Å². The topological polar surface area (TPSA) is 0 Å². The molecule has 5 aromatic rings. The predicted octanol–water partition coefficient (Wildman–Crippen LogP) is 9.71. The van der Waals surface area contributed by atoms with E-state index in [0.717, 1.165) is 0 Å². The molecule has 2 heteroatoms. The number of hydrogen-bond acceptors (Lipinski definition) is 0. The molecule has 6 rings (SSSR count). The number of hydrogen-bond donors (Lipinski definition) is 0. The van der Waals surface area contributed by atoms with Crippen LogP contribution in [-0.2, 0) is 4.25 Å². The van der Waals surface area contributed by atoms with E-state index in [2.05, 4.69) is 157 Å². The number of fused-ring (bicyclic) bond motifs is 1. The fourth-order valence-corrected chi connectivity index (χ4v) is 13.6. The second kappa shape index (κ2) is 10.1. The van der Waals surface area contributed by atoms with Crippen LogP contribution in [0.15, 0.2) is 146 Å². The molecule has 0 amide bonds. The average molecular weight is 572 g/mol. The fraction of sp³-hybridized carbons (Fsp3) is 0.111. The van der Waals surface area contributed by atoms with Crippen LogP contribution in [0.4, 0.5) is 0 Å². The van der Waals surface area contributed by atoms with Crippen molar-refractivity contribution in [1.29, 1.82) is 0 Å². The van der Waals surface area contributed by atoms with E-state index in [9.17, 15) is 0 Å².